The summed E-state index contributed by atoms with van der Waals surface area (Å²) in [5, 5.41) is 3.25. The first-order chi connectivity index (χ1) is 18.8. The monoisotopic (exact) mass is 520 g/mol. The van der Waals surface area contributed by atoms with E-state index in [1.54, 1.807) is 17.7 Å². The predicted molar refractivity (Wildman–Crippen MR) is 156 cm³/mol. The summed E-state index contributed by atoms with van der Waals surface area (Å²) in [6.45, 7) is 6.24. The van der Waals surface area contributed by atoms with Crippen molar-refractivity contribution in [2.24, 2.45) is 0 Å². The van der Waals surface area contributed by atoms with E-state index in [4.69, 9.17) is 15.0 Å². The molecule has 1 fully saturated rings. The van der Waals surface area contributed by atoms with Gasteiger partial charge in [0.25, 0.3) is 0 Å². The fraction of sp³-hybridized carbons (Fsp3) is 0.323. The number of nitrogens with zero attached hydrogens (tertiary/aromatic N) is 6. The minimum Gasteiger partial charge on any atom is -0.352 e. The summed E-state index contributed by atoms with van der Waals surface area (Å²) in [5.74, 6) is 1.09. The zero-order valence-corrected chi connectivity index (χ0v) is 22.4. The van der Waals surface area contributed by atoms with E-state index in [9.17, 15) is 0 Å². The maximum Gasteiger partial charge on any atom is 0.156 e. The Bertz CT molecular complexity index is 1530. The van der Waals surface area contributed by atoms with Crippen LogP contribution >= 0.6 is 11.3 Å². The van der Waals surface area contributed by atoms with E-state index in [0.717, 1.165) is 79.7 Å². The molecule has 0 atom stereocenters. The molecule has 5 aromatic rings. The van der Waals surface area contributed by atoms with Crippen molar-refractivity contribution in [3.8, 4) is 21.8 Å². The van der Waals surface area contributed by atoms with Crippen LogP contribution < -0.4 is 4.90 Å². The summed E-state index contributed by atoms with van der Waals surface area (Å²) >= 11 is 1.73. The van der Waals surface area contributed by atoms with Crippen molar-refractivity contribution in [3.05, 3.63) is 83.6 Å². The second kappa shape index (κ2) is 10.3. The van der Waals surface area contributed by atoms with Gasteiger partial charge in [-0.15, -0.1) is 11.3 Å². The number of thiazole rings is 1. The third-order valence-electron chi connectivity index (χ3n) is 7.99. The first-order valence-electron chi connectivity index (χ1n) is 13.7. The second-order valence-electron chi connectivity index (χ2n) is 10.3. The molecule has 0 radical (unpaired) electrons. The van der Waals surface area contributed by atoms with Crippen molar-refractivity contribution >= 4 is 28.2 Å². The maximum atomic E-state index is 5.10. The number of aromatic nitrogens is 4. The number of aryl methyl sites for hydroxylation is 1. The van der Waals surface area contributed by atoms with E-state index < -0.39 is 0 Å². The fourth-order valence-electron chi connectivity index (χ4n) is 5.98. The summed E-state index contributed by atoms with van der Waals surface area (Å²) in [5.41, 5.74) is 8.47. The van der Waals surface area contributed by atoms with Crippen LogP contribution in [0.25, 0.3) is 32.9 Å². The highest BCUT2D eigenvalue weighted by Crippen LogP contribution is 2.41. The molecule has 0 bridgehead atoms. The van der Waals surface area contributed by atoms with Crippen LogP contribution in [-0.2, 0) is 19.4 Å². The molecule has 2 aliphatic heterocycles. The Balaban J connectivity index is 1.18. The highest BCUT2D eigenvalue weighted by atomic mass is 32.1. The standard InChI is InChI=1S/C31H32N6S/c1-3-9-23(10-4-1)14-16-35-17-19-36(20-18-35)30-29-28(32-22-33-30)27(26-13-7-8-15-37(26)29)31-34-25(21-38-31)24-11-5-2-6-12-24/h1-6,9-12,21-22H,7-8,13-20H2. The molecule has 0 saturated carbocycles. The third-order valence-corrected chi connectivity index (χ3v) is 8.85. The van der Waals surface area contributed by atoms with Gasteiger partial charge in [0.05, 0.1) is 11.3 Å². The van der Waals surface area contributed by atoms with E-state index in [2.05, 4.69) is 80.4 Å². The molecule has 1 saturated heterocycles. The van der Waals surface area contributed by atoms with Crippen LogP contribution in [0, 0.1) is 0 Å². The van der Waals surface area contributed by atoms with Crippen molar-refractivity contribution in [1.29, 1.82) is 0 Å². The van der Waals surface area contributed by atoms with E-state index in [1.165, 1.54) is 35.2 Å². The molecule has 0 spiro atoms. The Labute approximate surface area is 227 Å². The van der Waals surface area contributed by atoms with Crippen molar-refractivity contribution in [2.45, 2.75) is 32.2 Å². The summed E-state index contributed by atoms with van der Waals surface area (Å²) in [4.78, 5) is 19.9. The molecular formula is C31H32N6S. The van der Waals surface area contributed by atoms with Gasteiger partial charge in [0.1, 0.15) is 22.4 Å². The van der Waals surface area contributed by atoms with E-state index in [0.29, 0.717) is 0 Å². The lowest BCUT2D eigenvalue weighted by molar-refractivity contribution is 0.260. The molecule has 6 nitrogen and oxygen atoms in total. The van der Waals surface area contributed by atoms with Crippen LogP contribution in [0.3, 0.4) is 0 Å². The molecule has 7 rings (SSSR count). The molecule has 2 aliphatic rings. The predicted octanol–water partition coefficient (Wildman–Crippen LogP) is 5.92. The number of anilines is 1. The molecule has 38 heavy (non-hydrogen) atoms. The number of hydrogen-bond donors (Lipinski definition) is 0. The number of rotatable bonds is 6. The van der Waals surface area contributed by atoms with Crippen LogP contribution in [0.2, 0.25) is 0 Å². The Morgan fingerprint density at radius 2 is 1.61 bits per heavy atom. The van der Waals surface area contributed by atoms with Crippen LogP contribution in [0.1, 0.15) is 24.1 Å². The van der Waals surface area contributed by atoms with Gasteiger partial charge in [0, 0.05) is 55.9 Å². The number of piperazine rings is 1. The SMILES string of the molecule is c1ccc(CCN2CCN(c3ncnc4c(-c5nc(-c6ccccc6)cs5)c5n(c34)CCCC5)CC2)cc1. The Kier molecular flexibility index (Phi) is 6.39. The Morgan fingerprint density at radius 1 is 0.816 bits per heavy atom. The van der Waals surface area contributed by atoms with Gasteiger partial charge in [-0.3, -0.25) is 4.90 Å². The first kappa shape index (κ1) is 23.6. The molecule has 0 amide bonds. The summed E-state index contributed by atoms with van der Waals surface area (Å²) in [6, 6.07) is 21.3. The summed E-state index contributed by atoms with van der Waals surface area (Å²) in [7, 11) is 0. The van der Waals surface area contributed by atoms with Crippen LogP contribution in [0.15, 0.2) is 72.4 Å². The summed E-state index contributed by atoms with van der Waals surface area (Å²) < 4.78 is 2.51. The lowest BCUT2D eigenvalue weighted by Crippen LogP contribution is -2.47. The lowest BCUT2D eigenvalue weighted by Gasteiger charge is -2.35. The highest BCUT2D eigenvalue weighted by molar-refractivity contribution is 7.13. The van der Waals surface area contributed by atoms with Gasteiger partial charge in [-0.2, -0.15) is 0 Å². The smallest absolute Gasteiger partial charge is 0.156 e. The molecule has 7 heteroatoms. The van der Waals surface area contributed by atoms with Gasteiger partial charge in [0.15, 0.2) is 5.82 Å². The largest absolute Gasteiger partial charge is 0.352 e. The molecule has 0 aliphatic carbocycles. The van der Waals surface area contributed by atoms with Gasteiger partial charge < -0.3 is 9.47 Å². The lowest BCUT2D eigenvalue weighted by atomic mass is 10.1. The average molecular weight is 521 g/mol. The molecule has 2 aromatic carbocycles. The Morgan fingerprint density at radius 3 is 2.42 bits per heavy atom. The van der Waals surface area contributed by atoms with Crippen molar-refractivity contribution in [2.75, 3.05) is 37.6 Å². The van der Waals surface area contributed by atoms with E-state index in [1.807, 2.05) is 0 Å². The minimum atomic E-state index is 0.992. The van der Waals surface area contributed by atoms with Gasteiger partial charge in [0.2, 0.25) is 0 Å². The minimum absolute atomic E-state index is 0.992. The van der Waals surface area contributed by atoms with Crippen LogP contribution in [0.5, 0.6) is 0 Å². The molecule has 0 N–H and O–H groups in total. The van der Waals surface area contributed by atoms with Crippen LogP contribution in [0.4, 0.5) is 5.82 Å². The summed E-state index contributed by atoms with van der Waals surface area (Å²) in [6.07, 6.45) is 6.35. The normalized spacial score (nSPS) is 16.2. The number of fused-ring (bicyclic) bond motifs is 3. The molecule has 192 valence electrons. The van der Waals surface area contributed by atoms with Gasteiger partial charge >= 0.3 is 0 Å². The van der Waals surface area contributed by atoms with Gasteiger partial charge in [-0.1, -0.05) is 60.7 Å². The van der Waals surface area contributed by atoms with Gasteiger partial charge in [-0.25, -0.2) is 15.0 Å². The van der Waals surface area contributed by atoms with Gasteiger partial charge in [-0.05, 0) is 31.2 Å². The van der Waals surface area contributed by atoms with Crippen molar-refractivity contribution in [3.63, 3.8) is 0 Å². The fourth-order valence-corrected chi connectivity index (χ4v) is 6.87. The zero-order chi connectivity index (χ0) is 25.3. The first-order valence-corrected chi connectivity index (χ1v) is 14.6. The number of hydrogen-bond acceptors (Lipinski definition) is 6. The quantitative estimate of drug-likeness (QED) is 0.278. The molecule has 0 unspecified atom stereocenters. The van der Waals surface area contributed by atoms with E-state index in [-0.39, 0.29) is 0 Å². The molecule has 5 heterocycles. The topological polar surface area (TPSA) is 50.1 Å². The molecular weight excluding hydrogens is 488 g/mol. The molecule has 3 aromatic heterocycles. The highest BCUT2D eigenvalue weighted by Gasteiger charge is 2.29. The maximum absolute atomic E-state index is 5.10. The van der Waals surface area contributed by atoms with Crippen molar-refractivity contribution in [1.82, 2.24) is 24.4 Å². The second-order valence-corrected chi connectivity index (χ2v) is 11.2. The third kappa shape index (κ3) is 4.40. The number of benzene rings is 2. The van der Waals surface area contributed by atoms with E-state index >= 15 is 0 Å². The zero-order valence-electron chi connectivity index (χ0n) is 21.6. The average Bonchev–Trinajstić information content (AvgIpc) is 3.60. The van der Waals surface area contributed by atoms with Crippen LogP contribution in [-0.4, -0.2) is 57.1 Å². The Hall–Kier alpha value is -3.55. The van der Waals surface area contributed by atoms with Crippen molar-refractivity contribution < 1.29 is 0 Å².